The molecule has 0 radical (unpaired) electrons. The van der Waals surface area contributed by atoms with Crippen molar-refractivity contribution in [1.29, 1.82) is 0 Å². The number of nitrogens with zero attached hydrogens (tertiary/aromatic N) is 2. The number of hydrogen-bond acceptors (Lipinski definition) is 10. The number of hydrogen-bond donors (Lipinski definition) is 2. The minimum Gasteiger partial charge on any atom is -0.298 e. The highest BCUT2D eigenvalue weighted by Crippen LogP contribution is 2.30. The largest absolute Gasteiger partial charge is 0.298 e. The van der Waals surface area contributed by atoms with Crippen LogP contribution in [0.15, 0.2) is 70.5 Å². The molecule has 2 heterocycles. The lowest BCUT2D eigenvalue weighted by atomic mass is 10.1. The number of carbonyl (C=O) groups is 2. The Labute approximate surface area is 225 Å². The number of nitrogens with one attached hydrogen (secondary N) is 2. The zero-order chi connectivity index (χ0) is 27.2. The maximum absolute atomic E-state index is 12.7. The van der Waals surface area contributed by atoms with E-state index in [0.29, 0.717) is 41.8 Å². The predicted molar refractivity (Wildman–Crippen MR) is 148 cm³/mol. The molecule has 5 rings (SSSR count). The van der Waals surface area contributed by atoms with Crippen LogP contribution in [0.5, 0.6) is 0 Å². The summed E-state index contributed by atoms with van der Waals surface area (Å²) in [6, 6.07) is 15.1. The summed E-state index contributed by atoms with van der Waals surface area (Å²) in [5, 5.41) is 6.01. The van der Waals surface area contributed by atoms with Crippen molar-refractivity contribution in [3.05, 3.63) is 71.8 Å². The number of aromatic nitrogens is 2. The van der Waals surface area contributed by atoms with Gasteiger partial charge in [-0.05, 0) is 60.7 Å². The first-order valence-electron chi connectivity index (χ1n) is 10.8. The second-order valence-corrected chi connectivity index (χ2v) is 14.4. The molecule has 0 aliphatic heterocycles. The molecule has 38 heavy (non-hydrogen) atoms. The molecule has 2 aromatic heterocycles. The second-order valence-electron chi connectivity index (χ2n) is 8.33. The van der Waals surface area contributed by atoms with Crippen molar-refractivity contribution in [1.82, 2.24) is 9.97 Å². The molecule has 0 aliphatic carbocycles. The molecule has 0 spiro atoms. The van der Waals surface area contributed by atoms with E-state index in [4.69, 9.17) is 0 Å². The van der Waals surface area contributed by atoms with Crippen LogP contribution in [0.2, 0.25) is 0 Å². The maximum atomic E-state index is 12.7. The van der Waals surface area contributed by atoms with Gasteiger partial charge in [0, 0.05) is 23.6 Å². The molecule has 0 unspecified atom stereocenters. The molecule has 2 amide bonds. The molecular weight excluding hydrogens is 569 g/mol. The molecule has 10 nitrogen and oxygen atoms in total. The molecule has 3 aromatic carbocycles. The molecule has 14 heteroatoms. The number of carbonyl (C=O) groups excluding carboxylic acids is 2. The van der Waals surface area contributed by atoms with Gasteiger partial charge in [0.2, 0.25) is 0 Å². The number of anilines is 2. The Bertz CT molecular complexity index is 1820. The monoisotopic (exact) mass is 586 g/mol. The number of sulfone groups is 2. The van der Waals surface area contributed by atoms with E-state index in [1.54, 1.807) is 12.1 Å². The number of rotatable bonds is 6. The van der Waals surface area contributed by atoms with Gasteiger partial charge in [0.15, 0.2) is 29.9 Å². The highest BCUT2D eigenvalue weighted by molar-refractivity contribution is 7.91. The van der Waals surface area contributed by atoms with E-state index < -0.39 is 31.5 Å². The van der Waals surface area contributed by atoms with Gasteiger partial charge in [0.1, 0.15) is 0 Å². The topological polar surface area (TPSA) is 152 Å². The van der Waals surface area contributed by atoms with Crippen molar-refractivity contribution in [3.8, 4) is 0 Å². The van der Waals surface area contributed by atoms with E-state index in [-0.39, 0.29) is 9.79 Å². The summed E-state index contributed by atoms with van der Waals surface area (Å²) in [6.45, 7) is 0. The Morgan fingerprint density at radius 1 is 0.632 bits per heavy atom. The van der Waals surface area contributed by atoms with E-state index in [9.17, 15) is 26.4 Å². The first kappa shape index (κ1) is 25.9. The minimum absolute atomic E-state index is 0.171. The smallest absolute Gasteiger partial charge is 0.257 e. The van der Waals surface area contributed by atoms with Crippen molar-refractivity contribution >= 4 is 84.9 Å². The van der Waals surface area contributed by atoms with Crippen LogP contribution in [0.4, 0.5) is 10.3 Å². The summed E-state index contributed by atoms with van der Waals surface area (Å²) in [6.07, 6.45) is 2.24. The summed E-state index contributed by atoms with van der Waals surface area (Å²) in [4.78, 5) is 34.4. The van der Waals surface area contributed by atoms with Gasteiger partial charge in [-0.25, -0.2) is 26.8 Å². The van der Waals surface area contributed by atoms with Crippen LogP contribution in [0.1, 0.15) is 20.7 Å². The summed E-state index contributed by atoms with van der Waals surface area (Å²) >= 11 is 2.31. The third-order valence-corrected chi connectivity index (χ3v) is 9.51. The predicted octanol–water partition coefficient (Wildman–Crippen LogP) is 4.22. The maximum Gasteiger partial charge on any atom is 0.257 e. The lowest BCUT2D eigenvalue weighted by molar-refractivity contribution is 0.101. The highest BCUT2D eigenvalue weighted by Gasteiger charge is 2.16. The lowest BCUT2D eigenvalue weighted by Gasteiger charge is -2.04. The van der Waals surface area contributed by atoms with Crippen molar-refractivity contribution in [2.45, 2.75) is 9.79 Å². The molecular formula is C24H18N4O6S4. The first-order valence-corrected chi connectivity index (χ1v) is 16.2. The Hall–Kier alpha value is -3.72. The number of thiazole rings is 2. The van der Waals surface area contributed by atoms with Gasteiger partial charge < -0.3 is 0 Å². The van der Waals surface area contributed by atoms with Crippen molar-refractivity contribution in [2.24, 2.45) is 0 Å². The van der Waals surface area contributed by atoms with Crippen LogP contribution in [0.25, 0.3) is 20.4 Å². The van der Waals surface area contributed by atoms with Crippen LogP contribution in [0.3, 0.4) is 0 Å². The zero-order valence-corrected chi connectivity index (χ0v) is 23.0. The van der Waals surface area contributed by atoms with Crippen LogP contribution < -0.4 is 10.6 Å². The number of amides is 2. The molecule has 0 saturated heterocycles. The Morgan fingerprint density at radius 2 is 1.00 bits per heavy atom. The molecule has 5 aromatic rings. The molecule has 2 N–H and O–H groups in total. The summed E-state index contributed by atoms with van der Waals surface area (Å²) < 4.78 is 48.3. The highest BCUT2D eigenvalue weighted by atomic mass is 32.2. The van der Waals surface area contributed by atoms with Crippen molar-refractivity contribution in [3.63, 3.8) is 0 Å². The van der Waals surface area contributed by atoms with E-state index in [2.05, 4.69) is 20.6 Å². The van der Waals surface area contributed by atoms with E-state index in [1.807, 2.05) is 0 Å². The molecule has 0 bridgehead atoms. The standard InChI is InChI=1S/C24H18N4O6S4/c1-37(31,32)15-7-9-17-19(11-15)35-23(25-17)27-21(29)13-3-5-14(6-4-13)22(30)28-24-26-18-10-8-16(38(2,33)34)12-20(18)36-24/h3-12H,1-2H3,(H,25,27,29)(H,26,28,30). The fraction of sp³-hybridized carbons (Fsp3) is 0.0833. The fourth-order valence-corrected chi connectivity index (χ4v) is 6.73. The van der Waals surface area contributed by atoms with Gasteiger partial charge in [-0.1, -0.05) is 22.7 Å². The second kappa shape index (κ2) is 9.54. The molecule has 0 saturated carbocycles. The third kappa shape index (κ3) is 5.43. The summed E-state index contributed by atoms with van der Waals surface area (Å²) in [7, 11) is -6.73. The Morgan fingerprint density at radius 3 is 1.34 bits per heavy atom. The van der Waals surface area contributed by atoms with Crippen LogP contribution in [0, 0.1) is 0 Å². The van der Waals surface area contributed by atoms with Gasteiger partial charge in [-0.15, -0.1) is 0 Å². The van der Waals surface area contributed by atoms with Gasteiger partial charge in [0.25, 0.3) is 11.8 Å². The fourth-order valence-electron chi connectivity index (χ4n) is 3.49. The van der Waals surface area contributed by atoms with Gasteiger partial charge in [-0.2, -0.15) is 0 Å². The van der Waals surface area contributed by atoms with E-state index in [0.717, 1.165) is 35.2 Å². The van der Waals surface area contributed by atoms with Gasteiger partial charge in [0.05, 0.1) is 30.2 Å². The SMILES string of the molecule is CS(=O)(=O)c1ccc2nc(NC(=O)c3ccc(C(=O)Nc4nc5ccc(S(C)(=O)=O)cc5s4)cc3)sc2c1. The number of benzene rings is 3. The minimum atomic E-state index is -3.36. The number of fused-ring (bicyclic) bond motifs is 2. The molecule has 194 valence electrons. The molecule has 0 aliphatic rings. The summed E-state index contributed by atoms with van der Waals surface area (Å²) in [5.74, 6) is -0.876. The quantitative estimate of drug-likeness (QED) is 0.300. The van der Waals surface area contributed by atoms with Crippen molar-refractivity contribution < 1.29 is 26.4 Å². The average molecular weight is 587 g/mol. The zero-order valence-electron chi connectivity index (χ0n) is 19.8. The molecule has 0 fully saturated rings. The average Bonchev–Trinajstić information content (AvgIpc) is 3.44. The Kier molecular flexibility index (Phi) is 6.51. The Balaban J connectivity index is 1.27. The van der Waals surface area contributed by atoms with E-state index in [1.165, 1.54) is 48.5 Å². The van der Waals surface area contributed by atoms with E-state index >= 15 is 0 Å². The summed E-state index contributed by atoms with van der Waals surface area (Å²) in [5.41, 5.74) is 1.72. The molecule has 0 atom stereocenters. The lowest BCUT2D eigenvalue weighted by Crippen LogP contribution is -2.14. The third-order valence-electron chi connectivity index (χ3n) is 5.43. The van der Waals surface area contributed by atoms with Gasteiger partial charge >= 0.3 is 0 Å². The first-order chi connectivity index (χ1) is 17.9. The van der Waals surface area contributed by atoms with Crippen LogP contribution >= 0.6 is 22.7 Å². The van der Waals surface area contributed by atoms with Crippen molar-refractivity contribution in [2.75, 3.05) is 23.1 Å². The van der Waals surface area contributed by atoms with Crippen LogP contribution in [-0.2, 0) is 19.7 Å². The van der Waals surface area contributed by atoms with Crippen LogP contribution in [-0.4, -0.2) is 51.1 Å². The normalized spacial score (nSPS) is 12.1. The van der Waals surface area contributed by atoms with Gasteiger partial charge in [-0.3, -0.25) is 20.2 Å².